The molecular weight excluding hydrogens is 392 g/mol. The second kappa shape index (κ2) is 7.22. The molecule has 0 aromatic rings. The van der Waals surface area contributed by atoms with Crippen molar-refractivity contribution in [3.8, 4) is 0 Å². The molecule has 3 unspecified atom stereocenters. The minimum Gasteiger partial charge on any atom is -0.396 e. The molecule has 0 amide bonds. The van der Waals surface area contributed by atoms with Crippen LogP contribution in [0.1, 0.15) is 113 Å². The van der Waals surface area contributed by atoms with E-state index in [4.69, 9.17) is 0 Å². The summed E-state index contributed by atoms with van der Waals surface area (Å²) in [7, 11) is 0. The molecule has 2 nitrogen and oxygen atoms in total. The summed E-state index contributed by atoms with van der Waals surface area (Å²) in [4.78, 5) is 0. The third-order valence-electron chi connectivity index (χ3n) is 13.8. The highest BCUT2D eigenvalue weighted by Gasteiger charge is 2.70. The minimum atomic E-state index is -0.137. The predicted molar refractivity (Wildman–Crippen MR) is 132 cm³/mol. The molecule has 0 radical (unpaired) electrons. The Balaban J connectivity index is 1.54. The number of fused-ring (bicyclic) bond motifs is 7. The first-order valence-corrected chi connectivity index (χ1v) is 14.2. The van der Waals surface area contributed by atoms with Crippen molar-refractivity contribution < 1.29 is 10.2 Å². The van der Waals surface area contributed by atoms with Gasteiger partial charge < -0.3 is 10.2 Å². The van der Waals surface area contributed by atoms with E-state index in [1.807, 2.05) is 0 Å². The lowest BCUT2D eigenvalue weighted by Crippen LogP contribution is -2.66. The average molecular weight is 445 g/mol. The molecule has 2 heteroatoms. The monoisotopic (exact) mass is 444 g/mol. The lowest BCUT2D eigenvalue weighted by molar-refractivity contribution is -0.251. The number of aliphatic hydroxyl groups is 2. The normalized spacial score (nSPS) is 56.8. The van der Waals surface area contributed by atoms with E-state index in [1.54, 1.807) is 0 Å². The van der Waals surface area contributed by atoms with Crippen molar-refractivity contribution in [2.75, 3.05) is 6.61 Å². The molecule has 32 heavy (non-hydrogen) atoms. The lowest BCUT2D eigenvalue weighted by atomic mass is 9.32. The maximum absolute atomic E-state index is 10.9. The van der Waals surface area contributed by atoms with Gasteiger partial charge in [0.2, 0.25) is 0 Å². The summed E-state index contributed by atoms with van der Waals surface area (Å²) in [5.74, 6) is 4.45. The van der Waals surface area contributed by atoms with Gasteiger partial charge in [-0.25, -0.2) is 0 Å². The molecule has 5 aliphatic rings. The molecule has 5 saturated carbocycles. The van der Waals surface area contributed by atoms with Crippen molar-refractivity contribution in [2.24, 2.45) is 62.6 Å². The zero-order chi connectivity index (χ0) is 23.3. The first-order valence-electron chi connectivity index (χ1n) is 14.2. The van der Waals surface area contributed by atoms with Gasteiger partial charge in [-0.3, -0.25) is 0 Å². The smallest absolute Gasteiger partial charge is 0.0594 e. The Kier molecular flexibility index (Phi) is 5.34. The molecule has 5 aliphatic carbocycles. The Bertz CT molecular complexity index is 743. The molecule has 0 bridgehead atoms. The zero-order valence-electron chi connectivity index (χ0n) is 22.2. The Morgan fingerprint density at radius 2 is 1.47 bits per heavy atom. The highest BCUT2D eigenvalue weighted by Crippen LogP contribution is 2.77. The van der Waals surface area contributed by atoms with Crippen LogP contribution in [0.15, 0.2) is 0 Å². The number of hydrogen-bond donors (Lipinski definition) is 2. The third kappa shape index (κ3) is 2.72. The van der Waals surface area contributed by atoms with Gasteiger partial charge >= 0.3 is 0 Å². The summed E-state index contributed by atoms with van der Waals surface area (Å²) in [5.41, 5.74) is 1.40. The predicted octanol–water partition coefficient (Wildman–Crippen LogP) is 7.08. The maximum Gasteiger partial charge on any atom is 0.0594 e. The van der Waals surface area contributed by atoms with Crippen LogP contribution in [0, 0.1) is 62.6 Å². The molecule has 0 saturated heterocycles. The molecule has 5 fully saturated rings. The van der Waals surface area contributed by atoms with Crippen molar-refractivity contribution in [3.05, 3.63) is 0 Å². The van der Waals surface area contributed by atoms with Gasteiger partial charge in [0, 0.05) is 6.61 Å². The van der Waals surface area contributed by atoms with Crippen LogP contribution < -0.4 is 0 Å². The fourth-order valence-electron chi connectivity index (χ4n) is 11.8. The first kappa shape index (κ1) is 23.7. The van der Waals surface area contributed by atoms with Crippen molar-refractivity contribution in [1.82, 2.24) is 0 Å². The van der Waals surface area contributed by atoms with Crippen LogP contribution >= 0.6 is 0 Å². The van der Waals surface area contributed by atoms with E-state index in [1.165, 1.54) is 57.8 Å². The molecule has 0 aromatic carbocycles. The van der Waals surface area contributed by atoms with Crippen molar-refractivity contribution in [3.63, 3.8) is 0 Å². The summed E-state index contributed by atoms with van der Waals surface area (Å²) in [6.07, 6.45) is 12.6. The van der Waals surface area contributed by atoms with Crippen LogP contribution in [0.4, 0.5) is 0 Å². The molecule has 0 heterocycles. The van der Waals surface area contributed by atoms with Gasteiger partial charge in [-0.05, 0) is 127 Å². The molecule has 10 atom stereocenters. The molecule has 184 valence electrons. The van der Waals surface area contributed by atoms with E-state index >= 15 is 0 Å². The van der Waals surface area contributed by atoms with E-state index in [0.29, 0.717) is 28.8 Å². The van der Waals surface area contributed by atoms with Gasteiger partial charge in [0.15, 0.2) is 0 Å². The molecule has 0 aromatic heterocycles. The Labute approximate surface area is 198 Å². The summed E-state index contributed by atoms with van der Waals surface area (Å²) < 4.78 is 0. The largest absolute Gasteiger partial charge is 0.396 e. The lowest BCUT2D eigenvalue weighted by Gasteiger charge is -2.73. The standard InChI is InChI=1S/C30H52O2/c1-19(2)20-10-15-30(18-31)17-16-28(6)21(25(20)30)8-9-23-27(5)13-12-24(32)26(3,4)22(27)11-14-29(23,28)7/h19-25,31-32H,8-18H2,1-7H3/t20-,21?,22?,23?,24-,25+,27-,28+,29+,30+/m0/s1. The van der Waals surface area contributed by atoms with Gasteiger partial charge in [-0.1, -0.05) is 48.5 Å². The van der Waals surface area contributed by atoms with Crippen molar-refractivity contribution >= 4 is 0 Å². The van der Waals surface area contributed by atoms with Crippen LogP contribution in [0.3, 0.4) is 0 Å². The Hall–Kier alpha value is -0.0800. The molecule has 0 spiro atoms. The minimum absolute atomic E-state index is 0.0406. The molecule has 2 N–H and O–H groups in total. The van der Waals surface area contributed by atoms with Gasteiger partial charge in [-0.2, -0.15) is 0 Å². The van der Waals surface area contributed by atoms with Crippen LogP contribution in [0.2, 0.25) is 0 Å². The van der Waals surface area contributed by atoms with E-state index < -0.39 is 0 Å². The van der Waals surface area contributed by atoms with E-state index in [0.717, 1.165) is 36.0 Å². The second-order valence-electron chi connectivity index (χ2n) is 15.0. The number of hydrogen-bond acceptors (Lipinski definition) is 2. The van der Waals surface area contributed by atoms with Crippen LogP contribution in [-0.2, 0) is 0 Å². The van der Waals surface area contributed by atoms with Crippen molar-refractivity contribution in [2.45, 2.75) is 119 Å². The highest BCUT2D eigenvalue weighted by atomic mass is 16.3. The third-order valence-corrected chi connectivity index (χ3v) is 13.8. The van der Waals surface area contributed by atoms with Crippen molar-refractivity contribution in [1.29, 1.82) is 0 Å². The van der Waals surface area contributed by atoms with E-state index in [2.05, 4.69) is 48.5 Å². The van der Waals surface area contributed by atoms with Gasteiger partial charge in [-0.15, -0.1) is 0 Å². The summed E-state index contributed by atoms with van der Waals surface area (Å²) >= 11 is 0. The molecular formula is C30H52O2. The average Bonchev–Trinajstić information content (AvgIpc) is 3.12. The fraction of sp³-hybridized carbons (Fsp3) is 1.00. The SMILES string of the molecule is CC(C)[C@@H]1CC[C@]2(CO)CC[C@]3(C)C(CCC4[C@@]5(C)CC[C@H](O)C(C)(C)C5CC[C@]43C)[C@@H]12. The van der Waals surface area contributed by atoms with Gasteiger partial charge in [0.05, 0.1) is 6.10 Å². The summed E-state index contributed by atoms with van der Waals surface area (Å²) in [5, 5.41) is 21.6. The first-order chi connectivity index (χ1) is 14.9. The summed E-state index contributed by atoms with van der Waals surface area (Å²) in [6, 6.07) is 0. The maximum atomic E-state index is 10.9. The van der Waals surface area contributed by atoms with Gasteiger partial charge in [0.1, 0.15) is 0 Å². The number of rotatable bonds is 2. The Morgan fingerprint density at radius 1 is 0.750 bits per heavy atom. The topological polar surface area (TPSA) is 40.5 Å². The van der Waals surface area contributed by atoms with E-state index in [-0.39, 0.29) is 16.9 Å². The summed E-state index contributed by atoms with van der Waals surface area (Å²) in [6.45, 7) is 18.1. The van der Waals surface area contributed by atoms with Crippen LogP contribution in [0.5, 0.6) is 0 Å². The molecule has 0 aliphatic heterocycles. The molecule has 5 rings (SSSR count). The van der Waals surface area contributed by atoms with Crippen LogP contribution in [0.25, 0.3) is 0 Å². The van der Waals surface area contributed by atoms with Crippen LogP contribution in [-0.4, -0.2) is 22.9 Å². The van der Waals surface area contributed by atoms with Gasteiger partial charge in [0.25, 0.3) is 0 Å². The van der Waals surface area contributed by atoms with E-state index in [9.17, 15) is 10.2 Å². The fourth-order valence-corrected chi connectivity index (χ4v) is 11.8. The Morgan fingerprint density at radius 3 is 2.12 bits per heavy atom. The highest BCUT2D eigenvalue weighted by molar-refractivity contribution is 5.19. The quantitative estimate of drug-likeness (QED) is 0.478. The number of aliphatic hydroxyl groups excluding tert-OH is 2. The zero-order valence-corrected chi connectivity index (χ0v) is 22.2. The second-order valence-corrected chi connectivity index (χ2v) is 15.0.